The van der Waals surface area contributed by atoms with Crippen LogP contribution in [0.2, 0.25) is 0 Å². The molecule has 0 bridgehead atoms. The quantitative estimate of drug-likeness (QED) is 0.893. The molecular weight excluding hydrogens is 318 g/mol. The highest BCUT2D eigenvalue weighted by Gasteiger charge is 2.25. The smallest absolute Gasteiger partial charge is 0.223 e. The summed E-state index contributed by atoms with van der Waals surface area (Å²) < 4.78 is 6.42. The molecule has 1 amide bonds. The van der Waals surface area contributed by atoms with Crippen molar-refractivity contribution in [3.8, 4) is 0 Å². The van der Waals surface area contributed by atoms with Gasteiger partial charge < -0.3 is 10.1 Å². The summed E-state index contributed by atoms with van der Waals surface area (Å²) in [4.78, 5) is 12.1. The summed E-state index contributed by atoms with van der Waals surface area (Å²) in [5, 5.41) is 3.06. The summed E-state index contributed by atoms with van der Waals surface area (Å²) in [6.07, 6.45) is 5.13. The second kappa shape index (κ2) is 7.79. The van der Waals surface area contributed by atoms with Crippen LogP contribution in [0.1, 0.15) is 31.2 Å². The highest BCUT2D eigenvalue weighted by Crippen LogP contribution is 2.25. The van der Waals surface area contributed by atoms with E-state index in [9.17, 15) is 4.79 Å². The Morgan fingerprint density at radius 1 is 1.25 bits per heavy atom. The van der Waals surface area contributed by atoms with Crippen LogP contribution in [0.25, 0.3) is 0 Å². The summed E-state index contributed by atoms with van der Waals surface area (Å²) in [5.74, 6) is 0.378. The number of carbonyl (C=O) groups excluding carboxylic acids is 1. The predicted molar refractivity (Wildman–Crippen MR) is 83.6 cm³/mol. The fraction of sp³-hybridized carbons (Fsp3) is 0.562. The molecule has 1 aromatic rings. The van der Waals surface area contributed by atoms with E-state index in [1.807, 2.05) is 12.1 Å². The minimum absolute atomic E-state index is 0.173. The first-order valence-electron chi connectivity index (χ1n) is 7.24. The minimum atomic E-state index is 0.173. The largest absolute Gasteiger partial charge is 0.381 e. The van der Waals surface area contributed by atoms with E-state index >= 15 is 0 Å². The van der Waals surface area contributed by atoms with E-state index in [0.29, 0.717) is 12.6 Å². The number of halogens is 1. The van der Waals surface area contributed by atoms with Gasteiger partial charge in [0.15, 0.2) is 0 Å². The molecule has 3 nitrogen and oxygen atoms in total. The van der Waals surface area contributed by atoms with Crippen LogP contribution in [0.3, 0.4) is 0 Å². The maximum absolute atomic E-state index is 12.1. The van der Waals surface area contributed by atoms with Gasteiger partial charge in [0.1, 0.15) is 0 Å². The SMILES string of the molecule is COC1CCC(C(=O)NCCc2ccc(Br)cc2)CC1. The van der Waals surface area contributed by atoms with Gasteiger partial charge in [0.2, 0.25) is 5.91 Å². The third-order valence-electron chi connectivity index (χ3n) is 4.00. The Morgan fingerprint density at radius 2 is 1.90 bits per heavy atom. The van der Waals surface area contributed by atoms with Gasteiger partial charge in [0, 0.05) is 24.0 Å². The van der Waals surface area contributed by atoms with Crippen LogP contribution < -0.4 is 5.32 Å². The van der Waals surface area contributed by atoms with E-state index in [2.05, 4.69) is 33.4 Å². The summed E-state index contributed by atoms with van der Waals surface area (Å²) in [6.45, 7) is 0.713. The molecule has 1 N–H and O–H groups in total. The zero-order valence-electron chi connectivity index (χ0n) is 11.9. The van der Waals surface area contributed by atoms with Crippen molar-refractivity contribution < 1.29 is 9.53 Å². The number of amides is 1. The molecule has 0 saturated heterocycles. The van der Waals surface area contributed by atoms with Crippen molar-refractivity contribution in [2.45, 2.75) is 38.2 Å². The Bertz CT molecular complexity index is 425. The highest BCUT2D eigenvalue weighted by atomic mass is 79.9. The van der Waals surface area contributed by atoms with Gasteiger partial charge in [-0.15, -0.1) is 0 Å². The van der Waals surface area contributed by atoms with Crippen molar-refractivity contribution in [2.24, 2.45) is 5.92 Å². The number of carbonyl (C=O) groups is 1. The van der Waals surface area contributed by atoms with Gasteiger partial charge in [-0.05, 0) is 49.8 Å². The van der Waals surface area contributed by atoms with E-state index in [1.54, 1.807) is 7.11 Å². The molecule has 0 unspecified atom stereocenters. The summed E-state index contributed by atoms with van der Waals surface area (Å²) in [5.41, 5.74) is 1.25. The lowest BCUT2D eigenvalue weighted by Crippen LogP contribution is -2.35. The third-order valence-corrected chi connectivity index (χ3v) is 4.53. The van der Waals surface area contributed by atoms with E-state index in [-0.39, 0.29) is 11.8 Å². The van der Waals surface area contributed by atoms with Gasteiger partial charge >= 0.3 is 0 Å². The number of hydrogen-bond acceptors (Lipinski definition) is 2. The molecule has 1 aromatic carbocycles. The van der Waals surface area contributed by atoms with E-state index in [4.69, 9.17) is 4.74 Å². The second-order valence-corrected chi connectivity index (χ2v) is 6.29. The lowest BCUT2D eigenvalue weighted by Gasteiger charge is -2.26. The Labute approximate surface area is 129 Å². The molecule has 1 fully saturated rings. The fourth-order valence-electron chi connectivity index (χ4n) is 2.69. The maximum atomic E-state index is 12.1. The number of ether oxygens (including phenoxy) is 1. The van der Waals surface area contributed by atoms with Crippen molar-refractivity contribution in [1.29, 1.82) is 0 Å². The molecule has 0 heterocycles. The highest BCUT2D eigenvalue weighted by molar-refractivity contribution is 9.10. The van der Waals surface area contributed by atoms with Crippen molar-refractivity contribution in [3.05, 3.63) is 34.3 Å². The molecule has 0 radical (unpaired) electrons. The first-order valence-corrected chi connectivity index (χ1v) is 8.03. The van der Waals surface area contributed by atoms with E-state index in [0.717, 1.165) is 36.6 Å². The molecule has 1 aliphatic carbocycles. The van der Waals surface area contributed by atoms with Crippen LogP contribution >= 0.6 is 15.9 Å². The maximum Gasteiger partial charge on any atom is 0.223 e. The average Bonchev–Trinajstić information content (AvgIpc) is 2.49. The number of nitrogens with one attached hydrogen (secondary N) is 1. The summed E-state index contributed by atoms with van der Waals surface area (Å²) in [6, 6.07) is 8.23. The van der Waals surface area contributed by atoms with Gasteiger partial charge in [-0.2, -0.15) is 0 Å². The van der Waals surface area contributed by atoms with Gasteiger partial charge in [0.25, 0.3) is 0 Å². The average molecular weight is 340 g/mol. The summed E-state index contributed by atoms with van der Waals surface area (Å²) in [7, 11) is 1.75. The molecule has 4 heteroatoms. The number of hydrogen-bond donors (Lipinski definition) is 1. The van der Waals surface area contributed by atoms with Crippen molar-refractivity contribution in [3.63, 3.8) is 0 Å². The number of benzene rings is 1. The first kappa shape index (κ1) is 15.5. The molecule has 1 saturated carbocycles. The number of methoxy groups -OCH3 is 1. The Kier molecular flexibility index (Phi) is 6.05. The van der Waals surface area contributed by atoms with Crippen molar-refractivity contribution in [2.75, 3.05) is 13.7 Å². The zero-order valence-corrected chi connectivity index (χ0v) is 13.5. The van der Waals surface area contributed by atoms with Gasteiger partial charge in [0.05, 0.1) is 6.10 Å². The monoisotopic (exact) mass is 339 g/mol. The Morgan fingerprint density at radius 3 is 2.50 bits per heavy atom. The van der Waals surface area contributed by atoms with Crippen molar-refractivity contribution >= 4 is 21.8 Å². The standard InChI is InChI=1S/C16H22BrNO2/c1-20-15-8-4-13(5-9-15)16(19)18-11-10-12-2-6-14(17)7-3-12/h2-3,6-7,13,15H,4-5,8-11H2,1H3,(H,18,19). The number of rotatable bonds is 5. The van der Waals surface area contributed by atoms with Crippen LogP contribution in [0.5, 0.6) is 0 Å². The molecule has 110 valence electrons. The van der Waals surface area contributed by atoms with Gasteiger partial charge in [-0.1, -0.05) is 28.1 Å². The van der Waals surface area contributed by atoms with Crippen LogP contribution in [-0.4, -0.2) is 25.7 Å². The fourth-order valence-corrected chi connectivity index (χ4v) is 2.95. The molecular formula is C16H22BrNO2. The molecule has 2 rings (SSSR count). The molecule has 20 heavy (non-hydrogen) atoms. The van der Waals surface area contributed by atoms with Gasteiger partial charge in [-0.3, -0.25) is 4.79 Å². The van der Waals surface area contributed by atoms with E-state index < -0.39 is 0 Å². The lowest BCUT2D eigenvalue weighted by molar-refractivity contribution is -0.126. The van der Waals surface area contributed by atoms with Crippen LogP contribution in [0.4, 0.5) is 0 Å². The van der Waals surface area contributed by atoms with Crippen LogP contribution in [0, 0.1) is 5.92 Å². The first-order chi connectivity index (χ1) is 9.69. The zero-order chi connectivity index (χ0) is 14.4. The molecule has 0 aliphatic heterocycles. The summed E-state index contributed by atoms with van der Waals surface area (Å²) >= 11 is 3.42. The Hall–Kier alpha value is -0.870. The molecule has 0 atom stereocenters. The van der Waals surface area contributed by atoms with Crippen LogP contribution in [-0.2, 0) is 16.0 Å². The minimum Gasteiger partial charge on any atom is -0.381 e. The predicted octanol–water partition coefficient (Wildman–Crippen LogP) is 3.31. The normalized spacial score (nSPS) is 22.5. The lowest BCUT2D eigenvalue weighted by atomic mass is 9.87. The molecule has 1 aliphatic rings. The molecule has 0 spiro atoms. The van der Waals surface area contributed by atoms with Gasteiger partial charge in [-0.25, -0.2) is 0 Å². The molecule has 0 aromatic heterocycles. The topological polar surface area (TPSA) is 38.3 Å². The Balaban J connectivity index is 1.69. The van der Waals surface area contributed by atoms with Crippen LogP contribution in [0.15, 0.2) is 28.7 Å². The third kappa shape index (κ3) is 4.60. The second-order valence-electron chi connectivity index (χ2n) is 5.38. The van der Waals surface area contributed by atoms with E-state index in [1.165, 1.54) is 5.56 Å². The van der Waals surface area contributed by atoms with Crippen molar-refractivity contribution in [1.82, 2.24) is 5.32 Å².